The number of hydrogen-bond donors (Lipinski definition) is 1. The summed E-state index contributed by atoms with van der Waals surface area (Å²) in [5.74, 6) is -0.273. The highest BCUT2D eigenvalue weighted by Crippen LogP contribution is 2.36. The number of aromatic carboxylic acids is 1. The van der Waals surface area contributed by atoms with Crippen LogP contribution in [-0.4, -0.2) is 21.0 Å². The van der Waals surface area contributed by atoms with Crippen LogP contribution >= 0.6 is 0 Å². The van der Waals surface area contributed by atoms with Gasteiger partial charge in [-0.3, -0.25) is 0 Å². The van der Waals surface area contributed by atoms with E-state index < -0.39 is 5.97 Å². The van der Waals surface area contributed by atoms with Crippen molar-refractivity contribution in [3.8, 4) is 0 Å². The van der Waals surface area contributed by atoms with Crippen LogP contribution in [-0.2, 0) is 6.42 Å². The van der Waals surface area contributed by atoms with Crippen LogP contribution in [0.15, 0.2) is 36.5 Å². The van der Waals surface area contributed by atoms with E-state index in [2.05, 4.69) is 22.1 Å². The van der Waals surface area contributed by atoms with E-state index in [1.807, 2.05) is 12.1 Å². The quantitative estimate of drug-likeness (QED) is 0.874. The molecule has 1 heterocycles. The molecule has 1 aromatic heterocycles. The van der Waals surface area contributed by atoms with Crippen LogP contribution in [0.3, 0.4) is 0 Å². The number of carbonyl (C=O) groups is 1. The van der Waals surface area contributed by atoms with Crippen molar-refractivity contribution in [3.63, 3.8) is 0 Å². The summed E-state index contributed by atoms with van der Waals surface area (Å²) in [6.07, 6.45) is 3.47. The van der Waals surface area contributed by atoms with Crippen molar-refractivity contribution < 1.29 is 9.90 Å². The number of carboxylic acids is 1. The molecule has 1 aliphatic carbocycles. The molecule has 3 rings (SSSR count). The van der Waals surface area contributed by atoms with Gasteiger partial charge in [-0.25, -0.2) is 14.8 Å². The zero-order valence-corrected chi connectivity index (χ0v) is 9.71. The number of hydrogen-bond acceptors (Lipinski definition) is 3. The Kier molecular flexibility index (Phi) is 2.55. The Morgan fingerprint density at radius 2 is 2.11 bits per heavy atom. The third-order valence-corrected chi connectivity index (χ3v) is 3.34. The van der Waals surface area contributed by atoms with Crippen molar-refractivity contribution in [1.29, 1.82) is 0 Å². The fourth-order valence-electron chi connectivity index (χ4n) is 2.49. The summed E-state index contributed by atoms with van der Waals surface area (Å²) in [5.41, 5.74) is 2.59. The smallest absolute Gasteiger partial charge is 0.354 e. The zero-order valence-electron chi connectivity index (χ0n) is 9.71. The molecule has 0 bridgehead atoms. The minimum atomic E-state index is -1.01. The molecule has 4 heteroatoms. The second-order valence-corrected chi connectivity index (χ2v) is 4.40. The molecular weight excluding hydrogens is 228 g/mol. The Bertz CT molecular complexity index is 610. The molecule has 0 aliphatic heterocycles. The first-order valence-corrected chi connectivity index (χ1v) is 5.90. The summed E-state index contributed by atoms with van der Waals surface area (Å²) in [5, 5.41) is 8.96. The van der Waals surface area contributed by atoms with Gasteiger partial charge in [0.1, 0.15) is 5.82 Å². The molecule has 0 amide bonds. The molecule has 1 N–H and O–H groups in total. The van der Waals surface area contributed by atoms with Gasteiger partial charge in [-0.15, -0.1) is 0 Å². The molecule has 90 valence electrons. The average Bonchev–Trinajstić information content (AvgIpc) is 2.82. The van der Waals surface area contributed by atoms with Crippen molar-refractivity contribution in [3.05, 3.63) is 59.2 Å². The summed E-state index contributed by atoms with van der Waals surface area (Å²) in [7, 11) is 0. The van der Waals surface area contributed by atoms with Crippen molar-refractivity contribution in [1.82, 2.24) is 9.97 Å². The van der Waals surface area contributed by atoms with Crippen LogP contribution in [0, 0.1) is 0 Å². The molecule has 1 atom stereocenters. The van der Waals surface area contributed by atoms with E-state index in [0.717, 1.165) is 12.8 Å². The lowest BCUT2D eigenvalue weighted by Gasteiger charge is -2.10. The van der Waals surface area contributed by atoms with Gasteiger partial charge in [-0.2, -0.15) is 0 Å². The predicted molar refractivity (Wildman–Crippen MR) is 65.6 cm³/mol. The van der Waals surface area contributed by atoms with E-state index in [1.165, 1.54) is 23.4 Å². The number of carboxylic acid groups (broad SMARTS) is 1. The molecule has 1 aromatic carbocycles. The van der Waals surface area contributed by atoms with Crippen molar-refractivity contribution in [2.45, 2.75) is 18.8 Å². The molecule has 0 spiro atoms. The molecule has 4 nitrogen and oxygen atoms in total. The lowest BCUT2D eigenvalue weighted by Crippen LogP contribution is -2.08. The highest BCUT2D eigenvalue weighted by atomic mass is 16.4. The largest absolute Gasteiger partial charge is 0.477 e. The van der Waals surface area contributed by atoms with Crippen LogP contribution in [0.1, 0.15) is 39.8 Å². The van der Waals surface area contributed by atoms with Gasteiger partial charge in [0, 0.05) is 12.1 Å². The summed E-state index contributed by atoms with van der Waals surface area (Å²) < 4.78 is 0. The lowest BCUT2D eigenvalue weighted by atomic mass is 10.0. The van der Waals surface area contributed by atoms with Crippen molar-refractivity contribution >= 4 is 5.97 Å². The van der Waals surface area contributed by atoms with Crippen molar-refractivity contribution in [2.24, 2.45) is 0 Å². The van der Waals surface area contributed by atoms with E-state index in [4.69, 9.17) is 5.11 Å². The van der Waals surface area contributed by atoms with Crippen LogP contribution in [0.4, 0.5) is 0 Å². The van der Waals surface area contributed by atoms with Gasteiger partial charge in [0.15, 0.2) is 5.69 Å². The first kappa shape index (κ1) is 10.9. The maximum Gasteiger partial charge on any atom is 0.354 e. The van der Waals surface area contributed by atoms with Crippen LogP contribution < -0.4 is 0 Å². The fraction of sp³-hybridized carbons (Fsp3) is 0.214. The van der Waals surface area contributed by atoms with Gasteiger partial charge in [-0.1, -0.05) is 24.3 Å². The third-order valence-electron chi connectivity index (χ3n) is 3.34. The molecule has 0 radical (unpaired) electrons. The third kappa shape index (κ3) is 1.76. The monoisotopic (exact) mass is 240 g/mol. The Morgan fingerprint density at radius 3 is 2.94 bits per heavy atom. The second-order valence-electron chi connectivity index (χ2n) is 4.40. The number of nitrogens with zero attached hydrogens (tertiary/aromatic N) is 2. The SMILES string of the molecule is O=C(O)c1ccnc(C2CCc3ccccc32)n1. The number of rotatable bonds is 2. The standard InChI is InChI=1S/C14H12N2O2/c17-14(18)12-7-8-15-13(16-12)11-6-5-9-3-1-2-4-10(9)11/h1-4,7-8,11H,5-6H2,(H,17,18). The summed E-state index contributed by atoms with van der Waals surface area (Å²) >= 11 is 0. The van der Waals surface area contributed by atoms with Crippen LogP contribution in [0.5, 0.6) is 0 Å². The molecule has 0 saturated carbocycles. The molecule has 18 heavy (non-hydrogen) atoms. The zero-order chi connectivity index (χ0) is 12.5. The predicted octanol–water partition coefficient (Wildman–Crippen LogP) is 2.25. The van der Waals surface area contributed by atoms with E-state index >= 15 is 0 Å². The van der Waals surface area contributed by atoms with Crippen LogP contribution in [0.2, 0.25) is 0 Å². The average molecular weight is 240 g/mol. The first-order chi connectivity index (χ1) is 8.75. The van der Waals surface area contributed by atoms with Crippen LogP contribution in [0.25, 0.3) is 0 Å². The fourth-order valence-corrected chi connectivity index (χ4v) is 2.49. The number of fused-ring (bicyclic) bond motifs is 1. The normalized spacial score (nSPS) is 17.4. The van der Waals surface area contributed by atoms with E-state index in [1.54, 1.807) is 0 Å². The molecule has 1 unspecified atom stereocenters. The summed E-state index contributed by atoms with van der Waals surface area (Å²) in [6.45, 7) is 0. The maximum absolute atomic E-state index is 10.9. The maximum atomic E-state index is 10.9. The van der Waals surface area contributed by atoms with Gasteiger partial charge < -0.3 is 5.11 Å². The Balaban J connectivity index is 2.02. The molecule has 2 aromatic rings. The molecule has 1 aliphatic rings. The number of aromatic nitrogens is 2. The first-order valence-electron chi connectivity index (χ1n) is 5.90. The topological polar surface area (TPSA) is 63.1 Å². The number of aryl methyl sites for hydroxylation is 1. The highest BCUT2D eigenvalue weighted by molar-refractivity contribution is 5.85. The summed E-state index contributed by atoms with van der Waals surface area (Å²) in [4.78, 5) is 19.3. The van der Waals surface area contributed by atoms with Gasteiger partial charge in [0.05, 0.1) is 0 Å². The van der Waals surface area contributed by atoms with Gasteiger partial charge in [0.25, 0.3) is 0 Å². The second kappa shape index (κ2) is 4.22. The van der Waals surface area contributed by atoms with E-state index in [-0.39, 0.29) is 11.6 Å². The van der Waals surface area contributed by atoms with Crippen molar-refractivity contribution in [2.75, 3.05) is 0 Å². The lowest BCUT2D eigenvalue weighted by molar-refractivity contribution is 0.0690. The minimum absolute atomic E-state index is 0.0596. The van der Waals surface area contributed by atoms with Gasteiger partial charge in [-0.05, 0) is 30.0 Å². The molecular formula is C14H12N2O2. The highest BCUT2D eigenvalue weighted by Gasteiger charge is 2.26. The molecule has 0 fully saturated rings. The Morgan fingerprint density at radius 1 is 1.28 bits per heavy atom. The minimum Gasteiger partial charge on any atom is -0.477 e. The van der Waals surface area contributed by atoms with Gasteiger partial charge in [0.2, 0.25) is 0 Å². The molecule has 0 saturated heterocycles. The van der Waals surface area contributed by atoms with E-state index in [9.17, 15) is 4.79 Å². The summed E-state index contributed by atoms with van der Waals surface area (Å²) in [6, 6.07) is 9.63. The van der Waals surface area contributed by atoms with Gasteiger partial charge >= 0.3 is 5.97 Å². The Hall–Kier alpha value is -2.23. The Labute approximate surface area is 104 Å². The van der Waals surface area contributed by atoms with E-state index in [0.29, 0.717) is 5.82 Å². The number of benzene rings is 1.